The van der Waals surface area contributed by atoms with Crippen molar-refractivity contribution in [2.45, 2.75) is 57.5 Å². The molecule has 2 fully saturated rings. The summed E-state index contributed by atoms with van der Waals surface area (Å²) in [7, 11) is -5.88. The Hall–Kier alpha value is -0.640. The van der Waals surface area contributed by atoms with Gasteiger partial charge in [-0.25, -0.2) is 4.57 Å². The molecule has 0 amide bonds. The van der Waals surface area contributed by atoms with Gasteiger partial charge in [-0.1, -0.05) is 13.0 Å². The molecule has 3 aliphatic rings. The van der Waals surface area contributed by atoms with Gasteiger partial charge in [0.05, 0.1) is 6.10 Å². The van der Waals surface area contributed by atoms with Crippen LogP contribution in [0.3, 0.4) is 0 Å². The van der Waals surface area contributed by atoms with Gasteiger partial charge in [-0.15, -0.1) is 0 Å². The van der Waals surface area contributed by atoms with E-state index in [9.17, 15) is 14.0 Å². The topological polar surface area (TPSA) is 93.1 Å². The predicted octanol–water partition coefficient (Wildman–Crippen LogP) is 4.07. The van der Waals surface area contributed by atoms with E-state index in [0.717, 1.165) is 38.5 Å². The molecule has 1 aromatic rings. The number of hydrogen-bond donors (Lipinski definition) is 2. The third kappa shape index (κ3) is 3.21. The summed E-state index contributed by atoms with van der Waals surface area (Å²) >= 11 is 0. The monoisotopic (exact) mass is 400 g/mol. The minimum atomic E-state index is -2.98. The van der Waals surface area contributed by atoms with E-state index in [1.807, 2.05) is 6.07 Å². The van der Waals surface area contributed by atoms with Crippen molar-refractivity contribution in [3.63, 3.8) is 0 Å². The van der Waals surface area contributed by atoms with Crippen molar-refractivity contribution in [1.82, 2.24) is 0 Å². The summed E-state index contributed by atoms with van der Waals surface area (Å²) in [5, 5.41) is 0. The van der Waals surface area contributed by atoms with Crippen LogP contribution >= 0.6 is 16.5 Å². The molecule has 2 unspecified atom stereocenters. The Bertz CT molecular complexity index is 753. The average Bonchev–Trinajstić information content (AvgIpc) is 2.90. The standard InChI is InChI=1S/C18H26O6P2/c1-18-9-8-14-13-5-3-12(23-25(19)20)10-11(13)2-4-15(14)16(18)6-7-17(18)24-26(21)22/h3,5,10,14-17,25-26H,2,4,6-9H2,1H3,(H,19,20)(H,21,22)/t14-,15-,16+,17+,18+/m1/s1. The van der Waals surface area contributed by atoms with Crippen molar-refractivity contribution in [3.05, 3.63) is 29.3 Å². The molecule has 0 heterocycles. The van der Waals surface area contributed by atoms with Gasteiger partial charge in [0.15, 0.2) is 0 Å². The van der Waals surface area contributed by atoms with Gasteiger partial charge in [0, 0.05) is 0 Å². The molecular formula is C18H26O6P2. The van der Waals surface area contributed by atoms with Gasteiger partial charge in [-0.2, -0.15) is 0 Å². The zero-order chi connectivity index (χ0) is 18.5. The van der Waals surface area contributed by atoms with Crippen LogP contribution in [0.1, 0.15) is 56.1 Å². The molecule has 0 spiro atoms. The predicted molar refractivity (Wildman–Crippen MR) is 99.0 cm³/mol. The number of aryl methyl sites for hydroxylation is 1. The minimum absolute atomic E-state index is 0.0123. The molecule has 0 aliphatic heterocycles. The Morgan fingerprint density at radius 2 is 1.92 bits per heavy atom. The maximum Gasteiger partial charge on any atom is 0.365 e. The lowest BCUT2D eigenvalue weighted by Crippen LogP contribution is -2.44. The van der Waals surface area contributed by atoms with Gasteiger partial charge >= 0.3 is 16.5 Å². The quantitative estimate of drug-likeness (QED) is 0.740. The number of hydrogen-bond acceptors (Lipinski definition) is 4. The molecule has 26 heavy (non-hydrogen) atoms. The molecule has 2 saturated carbocycles. The maximum atomic E-state index is 11.2. The van der Waals surface area contributed by atoms with Crippen LogP contribution in [0.5, 0.6) is 5.75 Å². The minimum Gasteiger partial charge on any atom is -0.426 e. The van der Waals surface area contributed by atoms with Gasteiger partial charge in [-0.3, -0.25) is 4.57 Å². The van der Waals surface area contributed by atoms with E-state index in [2.05, 4.69) is 13.0 Å². The first-order valence-corrected chi connectivity index (χ1v) is 11.8. The Labute approximate surface area is 154 Å². The first kappa shape index (κ1) is 18.7. The first-order valence-electron chi connectivity index (χ1n) is 9.31. The summed E-state index contributed by atoms with van der Waals surface area (Å²) in [4.78, 5) is 18.2. The summed E-state index contributed by atoms with van der Waals surface area (Å²) in [5.41, 5.74) is 2.55. The molecule has 1 aromatic carbocycles. The molecule has 0 saturated heterocycles. The van der Waals surface area contributed by atoms with E-state index >= 15 is 0 Å². The van der Waals surface area contributed by atoms with Crippen molar-refractivity contribution in [2.75, 3.05) is 0 Å². The van der Waals surface area contributed by atoms with Gasteiger partial charge in [0.1, 0.15) is 5.75 Å². The van der Waals surface area contributed by atoms with Crippen LogP contribution in [0.2, 0.25) is 0 Å². The van der Waals surface area contributed by atoms with E-state index in [1.165, 1.54) is 11.1 Å². The van der Waals surface area contributed by atoms with Crippen molar-refractivity contribution in [2.24, 2.45) is 17.3 Å². The lowest BCUT2D eigenvalue weighted by Gasteiger charge is -2.50. The van der Waals surface area contributed by atoms with Crippen LogP contribution in [-0.2, 0) is 20.1 Å². The second kappa shape index (κ2) is 7.07. The summed E-state index contributed by atoms with van der Waals surface area (Å²) in [6.07, 6.45) is 5.88. The molecule has 6 nitrogen and oxygen atoms in total. The van der Waals surface area contributed by atoms with E-state index in [-0.39, 0.29) is 11.5 Å². The Morgan fingerprint density at radius 3 is 2.65 bits per heavy atom. The molecule has 144 valence electrons. The van der Waals surface area contributed by atoms with Crippen LogP contribution in [0.15, 0.2) is 18.2 Å². The van der Waals surface area contributed by atoms with Crippen molar-refractivity contribution >= 4 is 16.5 Å². The summed E-state index contributed by atoms with van der Waals surface area (Å²) in [5.74, 6) is 2.05. The molecule has 0 bridgehead atoms. The summed E-state index contributed by atoms with van der Waals surface area (Å²) in [6.45, 7) is 2.24. The fourth-order valence-corrected chi connectivity index (χ4v) is 6.95. The van der Waals surface area contributed by atoms with Crippen molar-refractivity contribution in [3.8, 4) is 5.75 Å². The van der Waals surface area contributed by atoms with Crippen LogP contribution in [0.4, 0.5) is 0 Å². The Kier molecular flexibility index (Phi) is 5.09. The Balaban J connectivity index is 1.58. The van der Waals surface area contributed by atoms with Crippen molar-refractivity contribution in [1.29, 1.82) is 0 Å². The van der Waals surface area contributed by atoms with Crippen LogP contribution in [0.25, 0.3) is 0 Å². The summed E-state index contributed by atoms with van der Waals surface area (Å²) in [6, 6.07) is 5.77. The highest BCUT2D eigenvalue weighted by Gasteiger charge is 2.55. The number of rotatable bonds is 4. The van der Waals surface area contributed by atoms with Crippen molar-refractivity contribution < 1.29 is 28.0 Å². The van der Waals surface area contributed by atoms with Crippen LogP contribution < -0.4 is 4.52 Å². The molecule has 7 atom stereocenters. The van der Waals surface area contributed by atoms with Gasteiger partial charge < -0.3 is 18.8 Å². The molecular weight excluding hydrogens is 374 g/mol. The van der Waals surface area contributed by atoms with Crippen LogP contribution in [-0.4, -0.2) is 15.9 Å². The lowest BCUT2D eigenvalue weighted by molar-refractivity contribution is -0.0115. The Morgan fingerprint density at radius 1 is 1.12 bits per heavy atom. The molecule has 0 aromatic heterocycles. The number of fused-ring (bicyclic) bond motifs is 5. The third-order valence-electron chi connectivity index (χ3n) is 7.06. The van der Waals surface area contributed by atoms with E-state index < -0.39 is 16.5 Å². The number of benzene rings is 1. The molecule has 2 N–H and O–H groups in total. The van der Waals surface area contributed by atoms with Gasteiger partial charge in [0.25, 0.3) is 0 Å². The molecule has 4 rings (SSSR count). The van der Waals surface area contributed by atoms with E-state index in [1.54, 1.807) is 6.07 Å². The zero-order valence-electron chi connectivity index (χ0n) is 14.8. The summed E-state index contributed by atoms with van der Waals surface area (Å²) < 4.78 is 32.6. The first-order chi connectivity index (χ1) is 12.4. The molecule has 3 aliphatic carbocycles. The second-order valence-corrected chi connectivity index (χ2v) is 9.64. The van der Waals surface area contributed by atoms with Crippen LogP contribution in [0, 0.1) is 17.3 Å². The normalized spacial score (nSPS) is 38.0. The third-order valence-corrected chi connectivity index (χ3v) is 7.96. The van der Waals surface area contributed by atoms with E-state index in [4.69, 9.17) is 13.9 Å². The van der Waals surface area contributed by atoms with Gasteiger partial charge in [0.2, 0.25) is 0 Å². The average molecular weight is 400 g/mol. The van der Waals surface area contributed by atoms with E-state index in [0.29, 0.717) is 23.5 Å². The highest BCUT2D eigenvalue weighted by molar-refractivity contribution is 7.32. The molecule has 8 heteroatoms. The highest BCUT2D eigenvalue weighted by atomic mass is 31.1. The molecule has 0 radical (unpaired) electrons. The SMILES string of the molecule is C[C@]12CC[C@@H]3c4ccc(O[PH](=O)O)cc4CC[C@H]3[C@@H]1CC[C@@H]2O[PH](=O)O. The lowest BCUT2D eigenvalue weighted by atomic mass is 9.55. The highest BCUT2D eigenvalue weighted by Crippen LogP contribution is 2.62. The smallest absolute Gasteiger partial charge is 0.365 e. The fourth-order valence-electron chi connectivity index (χ4n) is 5.99. The fraction of sp³-hybridized carbons (Fsp3) is 0.667. The zero-order valence-corrected chi connectivity index (χ0v) is 16.8. The maximum absolute atomic E-state index is 11.2. The second-order valence-electron chi connectivity index (χ2n) is 8.14. The largest absolute Gasteiger partial charge is 0.426 e. The van der Waals surface area contributed by atoms with Gasteiger partial charge in [-0.05, 0) is 85.0 Å².